The molecule has 134 valence electrons. The Labute approximate surface area is 152 Å². The van der Waals surface area contributed by atoms with Crippen molar-refractivity contribution in [3.63, 3.8) is 0 Å². The Morgan fingerprint density at radius 3 is 2.38 bits per heavy atom. The summed E-state index contributed by atoms with van der Waals surface area (Å²) in [6, 6.07) is 13.9. The van der Waals surface area contributed by atoms with Gasteiger partial charge in [-0.15, -0.1) is 0 Å². The number of hydrogen-bond acceptors (Lipinski definition) is 3. The van der Waals surface area contributed by atoms with Crippen LogP contribution < -0.4 is 9.80 Å². The van der Waals surface area contributed by atoms with E-state index >= 15 is 0 Å². The van der Waals surface area contributed by atoms with E-state index in [-0.39, 0.29) is 5.82 Å². The molecule has 0 unspecified atom stereocenters. The highest BCUT2D eigenvalue weighted by molar-refractivity contribution is 5.85. The van der Waals surface area contributed by atoms with E-state index in [2.05, 4.69) is 39.0 Å². The zero-order valence-electron chi connectivity index (χ0n) is 14.7. The second-order valence-corrected chi connectivity index (χ2v) is 7.06. The van der Waals surface area contributed by atoms with Gasteiger partial charge >= 0.3 is 0 Å². The van der Waals surface area contributed by atoms with E-state index in [0.717, 1.165) is 56.7 Å². The van der Waals surface area contributed by atoms with Crippen LogP contribution in [0.15, 0.2) is 42.5 Å². The Hall–Kier alpha value is -2.53. The van der Waals surface area contributed by atoms with Crippen molar-refractivity contribution in [2.75, 3.05) is 42.6 Å². The van der Waals surface area contributed by atoms with Gasteiger partial charge in [0, 0.05) is 47.6 Å². The Balaban J connectivity index is 1.37. The number of rotatable bonds is 2. The number of morpholine rings is 1. The minimum Gasteiger partial charge on any atom is -0.378 e. The summed E-state index contributed by atoms with van der Waals surface area (Å²) in [6.07, 6.45) is 0.978. The van der Waals surface area contributed by atoms with Crippen LogP contribution in [0, 0.1) is 5.82 Å². The summed E-state index contributed by atoms with van der Waals surface area (Å²) < 4.78 is 18.9. The predicted molar refractivity (Wildman–Crippen MR) is 102 cm³/mol. The summed E-state index contributed by atoms with van der Waals surface area (Å²) in [7, 11) is 0. The molecule has 3 heterocycles. The first-order valence-electron chi connectivity index (χ1n) is 9.24. The number of anilines is 2. The van der Waals surface area contributed by atoms with E-state index in [0.29, 0.717) is 0 Å². The maximum atomic E-state index is 13.5. The third kappa shape index (κ3) is 2.72. The molecule has 0 atom stereocenters. The molecule has 0 spiro atoms. The largest absolute Gasteiger partial charge is 0.378 e. The average Bonchev–Trinajstić information content (AvgIpc) is 3.05. The highest BCUT2D eigenvalue weighted by atomic mass is 19.1. The molecule has 2 aromatic carbocycles. The first kappa shape index (κ1) is 15.7. The first-order chi connectivity index (χ1) is 12.8. The van der Waals surface area contributed by atoms with E-state index in [1.54, 1.807) is 12.1 Å². The molecule has 0 saturated carbocycles. The van der Waals surface area contributed by atoms with Crippen molar-refractivity contribution in [3.8, 4) is 0 Å². The Bertz CT molecular complexity index is 928. The smallest absolute Gasteiger partial charge is 0.125 e. The maximum absolute atomic E-state index is 13.5. The Morgan fingerprint density at radius 2 is 1.62 bits per heavy atom. The molecule has 1 saturated heterocycles. The SMILES string of the molecule is Fc1ccc2c3c([nH]c2c1)CN(c1ccc(N2CCOCC2)cc1)CC3. The molecule has 0 radical (unpaired) electrons. The molecule has 5 heteroatoms. The van der Waals surface area contributed by atoms with Gasteiger partial charge in [0.1, 0.15) is 5.82 Å². The van der Waals surface area contributed by atoms with E-state index in [9.17, 15) is 4.39 Å². The number of H-pyrrole nitrogens is 1. The van der Waals surface area contributed by atoms with Gasteiger partial charge in [-0.25, -0.2) is 4.39 Å². The molecule has 0 bridgehead atoms. The predicted octanol–water partition coefficient (Wildman–Crippen LogP) is 3.71. The van der Waals surface area contributed by atoms with Gasteiger partial charge in [0.2, 0.25) is 0 Å². The third-order valence-electron chi connectivity index (χ3n) is 5.53. The van der Waals surface area contributed by atoms with Crippen LogP contribution in [0.3, 0.4) is 0 Å². The van der Waals surface area contributed by atoms with Gasteiger partial charge in [-0.1, -0.05) is 0 Å². The molecule has 2 aliphatic heterocycles. The van der Waals surface area contributed by atoms with Crippen molar-refractivity contribution < 1.29 is 9.13 Å². The summed E-state index contributed by atoms with van der Waals surface area (Å²) in [4.78, 5) is 8.17. The number of benzene rings is 2. The summed E-state index contributed by atoms with van der Waals surface area (Å²) in [5, 5.41) is 1.16. The topological polar surface area (TPSA) is 31.5 Å². The standard InChI is InChI=1S/C21H22FN3O/c22-15-1-6-18-19-7-8-25(14-21(19)23-20(18)13-15)17-4-2-16(3-5-17)24-9-11-26-12-10-24/h1-6,13,23H,7-12,14H2. The fourth-order valence-electron chi connectivity index (χ4n) is 4.14. The van der Waals surface area contributed by atoms with E-state index in [1.807, 2.05) is 6.07 Å². The number of fused-ring (bicyclic) bond motifs is 3. The van der Waals surface area contributed by atoms with E-state index < -0.39 is 0 Å². The van der Waals surface area contributed by atoms with Crippen molar-refractivity contribution in [1.82, 2.24) is 4.98 Å². The lowest BCUT2D eigenvalue weighted by Gasteiger charge is -2.31. The number of ether oxygens (including phenoxy) is 1. The highest BCUT2D eigenvalue weighted by Crippen LogP contribution is 2.31. The molecule has 3 aromatic rings. The van der Waals surface area contributed by atoms with Crippen LogP contribution in [-0.2, 0) is 17.7 Å². The summed E-state index contributed by atoms with van der Waals surface area (Å²) in [6.45, 7) is 5.34. The summed E-state index contributed by atoms with van der Waals surface area (Å²) >= 11 is 0. The molecular formula is C21H22FN3O. The van der Waals surface area contributed by atoms with Crippen LogP contribution in [0.4, 0.5) is 15.8 Å². The van der Waals surface area contributed by atoms with Crippen LogP contribution >= 0.6 is 0 Å². The van der Waals surface area contributed by atoms with Gasteiger partial charge in [-0.3, -0.25) is 0 Å². The van der Waals surface area contributed by atoms with Crippen LogP contribution in [0.5, 0.6) is 0 Å². The van der Waals surface area contributed by atoms with Crippen molar-refractivity contribution in [2.24, 2.45) is 0 Å². The fraction of sp³-hybridized carbons (Fsp3) is 0.333. The normalized spacial score (nSPS) is 17.6. The molecule has 1 fully saturated rings. The first-order valence-corrected chi connectivity index (χ1v) is 9.24. The molecule has 0 aliphatic carbocycles. The molecular weight excluding hydrogens is 329 g/mol. The van der Waals surface area contributed by atoms with Gasteiger partial charge in [0.05, 0.1) is 19.8 Å². The second kappa shape index (κ2) is 6.32. The molecule has 0 amide bonds. The minimum atomic E-state index is -0.188. The van der Waals surface area contributed by atoms with Gasteiger partial charge in [0.25, 0.3) is 0 Å². The quantitative estimate of drug-likeness (QED) is 0.764. The lowest BCUT2D eigenvalue weighted by atomic mass is 10.0. The summed E-state index contributed by atoms with van der Waals surface area (Å²) in [5.74, 6) is -0.188. The van der Waals surface area contributed by atoms with Gasteiger partial charge in [-0.2, -0.15) is 0 Å². The molecule has 2 aliphatic rings. The molecule has 4 nitrogen and oxygen atoms in total. The monoisotopic (exact) mass is 351 g/mol. The van der Waals surface area contributed by atoms with Crippen LogP contribution in [0.25, 0.3) is 10.9 Å². The number of aromatic nitrogens is 1. The number of nitrogens with zero attached hydrogens (tertiary/aromatic N) is 2. The zero-order chi connectivity index (χ0) is 17.5. The van der Waals surface area contributed by atoms with Crippen LogP contribution in [0.2, 0.25) is 0 Å². The Kier molecular flexibility index (Phi) is 3.82. The van der Waals surface area contributed by atoms with Crippen molar-refractivity contribution in [2.45, 2.75) is 13.0 Å². The van der Waals surface area contributed by atoms with Gasteiger partial charge in [-0.05, 0) is 54.4 Å². The van der Waals surface area contributed by atoms with Gasteiger partial charge < -0.3 is 19.5 Å². The fourth-order valence-corrected chi connectivity index (χ4v) is 4.14. The highest BCUT2D eigenvalue weighted by Gasteiger charge is 2.21. The van der Waals surface area contributed by atoms with Crippen molar-refractivity contribution in [1.29, 1.82) is 0 Å². The van der Waals surface area contributed by atoms with Crippen LogP contribution in [-0.4, -0.2) is 37.8 Å². The average molecular weight is 351 g/mol. The molecule has 26 heavy (non-hydrogen) atoms. The Morgan fingerprint density at radius 1 is 0.885 bits per heavy atom. The van der Waals surface area contributed by atoms with Crippen LogP contribution in [0.1, 0.15) is 11.3 Å². The van der Waals surface area contributed by atoms with E-state index in [1.165, 1.54) is 22.6 Å². The van der Waals surface area contributed by atoms with Crippen molar-refractivity contribution >= 4 is 22.3 Å². The number of aromatic amines is 1. The molecule has 1 N–H and O–H groups in total. The number of halogens is 1. The lowest BCUT2D eigenvalue weighted by molar-refractivity contribution is 0.122. The zero-order valence-corrected chi connectivity index (χ0v) is 14.7. The molecule has 1 aromatic heterocycles. The lowest BCUT2D eigenvalue weighted by Crippen LogP contribution is -2.36. The van der Waals surface area contributed by atoms with Crippen molar-refractivity contribution in [3.05, 3.63) is 59.5 Å². The second-order valence-electron chi connectivity index (χ2n) is 7.06. The summed E-state index contributed by atoms with van der Waals surface area (Å²) in [5.41, 5.74) is 5.93. The minimum absolute atomic E-state index is 0.188. The molecule has 5 rings (SSSR count). The van der Waals surface area contributed by atoms with Gasteiger partial charge in [0.15, 0.2) is 0 Å². The number of nitrogens with one attached hydrogen (secondary N) is 1. The van der Waals surface area contributed by atoms with E-state index in [4.69, 9.17) is 4.74 Å². The number of hydrogen-bond donors (Lipinski definition) is 1. The maximum Gasteiger partial charge on any atom is 0.125 e. The third-order valence-corrected chi connectivity index (χ3v) is 5.53.